The molecule has 0 saturated heterocycles. The lowest BCUT2D eigenvalue weighted by molar-refractivity contribution is 0.00396. The lowest BCUT2D eigenvalue weighted by Gasteiger charge is -2.13. The molecule has 0 radical (unpaired) electrons. The van der Waals surface area contributed by atoms with E-state index in [-0.39, 0.29) is 13.0 Å². The van der Waals surface area contributed by atoms with Gasteiger partial charge < -0.3 is 9.84 Å². The van der Waals surface area contributed by atoms with Gasteiger partial charge in [-0.1, -0.05) is 11.6 Å². The number of aliphatic hydroxyl groups excluding tert-OH is 1. The molecule has 1 aromatic heterocycles. The average molecular weight is 269 g/mol. The molecule has 0 aliphatic heterocycles. The van der Waals surface area contributed by atoms with Gasteiger partial charge in [0.2, 0.25) is 0 Å². The lowest BCUT2D eigenvalue weighted by atomic mass is 10.2. The molecule has 98 valence electrons. The zero-order valence-electron chi connectivity index (χ0n) is 9.44. The van der Waals surface area contributed by atoms with Crippen LogP contribution < -0.4 is 0 Å². The number of aromatic nitrogens is 2. The summed E-state index contributed by atoms with van der Waals surface area (Å²) in [5, 5.41) is 14.2. The first-order valence-corrected chi connectivity index (χ1v) is 5.69. The highest BCUT2D eigenvalue weighted by atomic mass is 35.5. The molecule has 0 fully saturated rings. The van der Waals surface area contributed by atoms with Gasteiger partial charge in [0.05, 0.1) is 23.0 Å². The predicted molar refractivity (Wildman–Crippen MR) is 59.3 cm³/mol. The molecular weight excluding hydrogens is 254 g/mol. The second-order valence-corrected chi connectivity index (χ2v) is 3.87. The summed E-state index contributed by atoms with van der Waals surface area (Å²) in [6.45, 7) is 1.88. The zero-order chi connectivity index (χ0) is 12.8. The highest BCUT2D eigenvalue weighted by Crippen LogP contribution is 2.24. The number of halogens is 3. The quantitative estimate of drug-likeness (QED) is 0.772. The van der Waals surface area contributed by atoms with Crippen LogP contribution in [0, 0.1) is 0 Å². The van der Waals surface area contributed by atoms with Crippen LogP contribution in [0.3, 0.4) is 0 Å². The number of hydrogen-bond acceptors (Lipinski definition) is 3. The molecule has 0 aliphatic rings. The first kappa shape index (κ1) is 14.3. The normalized spacial score (nSPS) is 13.3. The van der Waals surface area contributed by atoms with E-state index in [1.807, 2.05) is 6.92 Å². The number of hydrogen-bond donors (Lipinski definition) is 1. The fourth-order valence-electron chi connectivity index (χ4n) is 1.46. The molecule has 0 amide bonds. The summed E-state index contributed by atoms with van der Waals surface area (Å²) in [4.78, 5) is 0. The smallest absolute Gasteiger partial charge is 0.261 e. The predicted octanol–water partition coefficient (Wildman–Crippen LogP) is 2.26. The first-order chi connectivity index (χ1) is 8.06. The van der Waals surface area contributed by atoms with Gasteiger partial charge in [-0.3, -0.25) is 4.68 Å². The van der Waals surface area contributed by atoms with E-state index < -0.39 is 19.1 Å². The average Bonchev–Trinajstić information content (AvgIpc) is 2.65. The Hall–Kier alpha value is -0.720. The van der Waals surface area contributed by atoms with E-state index in [0.717, 1.165) is 0 Å². The van der Waals surface area contributed by atoms with E-state index >= 15 is 0 Å². The molecule has 1 N–H and O–H groups in total. The van der Waals surface area contributed by atoms with Crippen molar-refractivity contribution in [3.05, 3.63) is 16.9 Å². The Morgan fingerprint density at radius 3 is 2.88 bits per heavy atom. The summed E-state index contributed by atoms with van der Waals surface area (Å²) >= 11 is 5.88. The Labute approximate surface area is 103 Å². The minimum atomic E-state index is -2.49. The van der Waals surface area contributed by atoms with Gasteiger partial charge in [-0.15, -0.1) is 0 Å². The van der Waals surface area contributed by atoms with Gasteiger partial charge in [0.25, 0.3) is 6.43 Å². The van der Waals surface area contributed by atoms with Gasteiger partial charge in [0.15, 0.2) is 0 Å². The molecule has 0 aromatic carbocycles. The SMILES string of the molecule is CCn1ncc(Cl)c1C(O)CCOCC(F)F. The van der Waals surface area contributed by atoms with Crippen LogP contribution in [0.15, 0.2) is 6.20 Å². The van der Waals surface area contributed by atoms with Crippen LogP contribution in [-0.4, -0.2) is 34.5 Å². The number of aliphatic hydroxyl groups is 1. The second kappa shape index (κ2) is 6.88. The summed E-state index contributed by atoms with van der Waals surface area (Å²) in [5.74, 6) is 0. The topological polar surface area (TPSA) is 47.3 Å². The van der Waals surface area contributed by atoms with Crippen molar-refractivity contribution in [2.24, 2.45) is 0 Å². The highest BCUT2D eigenvalue weighted by Gasteiger charge is 2.17. The van der Waals surface area contributed by atoms with Crippen molar-refractivity contribution in [1.82, 2.24) is 9.78 Å². The van der Waals surface area contributed by atoms with Crippen LogP contribution in [0.2, 0.25) is 5.02 Å². The lowest BCUT2D eigenvalue weighted by Crippen LogP contribution is -2.12. The van der Waals surface area contributed by atoms with Crippen molar-refractivity contribution in [2.45, 2.75) is 32.4 Å². The van der Waals surface area contributed by atoms with Gasteiger partial charge in [0.1, 0.15) is 6.61 Å². The van der Waals surface area contributed by atoms with E-state index in [1.54, 1.807) is 4.68 Å². The number of aryl methyl sites for hydroxylation is 1. The first-order valence-electron chi connectivity index (χ1n) is 5.31. The van der Waals surface area contributed by atoms with Crippen LogP contribution in [0.4, 0.5) is 8.78 Å². The second-order valence-electron chi connectivity index (χ2n) is 3.46. The van der Waals surface area contributed by atoms with Crippen LogP contribution in [0.25, 0.3) is 0 Å². The van der Waals surface area contributed by atoms with Crippen LogP contribution in [0.1, 0.15) is 25.1 Å². The Kier molecular flexibility index (Phi) is 5.80. The molecule has 1 rings (SSSR count). The molecule has 4 nitrogen and oxygen atoms in total. The summed E-state index contributed by atoms with van der Waals surface area (Å²) < 4.78 is 29.8. The minimum absolute atomic E-state index is 0.0523. The summed E-state index contributed by atoms with van der Waals surface area (Å²) in [7, 11) is 0. The molecule has 1 unspecified atom stereocenters. The fraction of sp³-hybridized carbons (Fsp3) is 0.700. The molecule has 1 heterocycles. The van der Waals surface area contributed by atoms with Crippen LogP contribution in [-0.2, 0) is 11.3 Å². The Morgan fingerprint density at radius 2 is 2.29 bits per heavy atom. The van der Waals surface area contributed by atoms with E-state index in [0.29, 0.717) is 17.3 Å². The van der Waals surface area contributed by atoms with E-state index in [9.17, 15) is 13.9 Å². The van der Waals surface area contributed by atoms with E-state index in [1.165, 1.54) is 6.20 Å². The number of ether oxygens (including phenoxy) is 1. The summed E-state index contributed by atoms with van der Waals surface area (Å²) in [6.07, 6.45) is -1.69. The van der Waals surface area contributed by atoms with E-state index in [2.05, 4.69) is 5.10 Å². The maximum absolute atomic E-state index is 11.8. The largest absolute Gasteiger partial charge is 0.387 e. The maximum Gasteiger partial charge on any atom is 0.261 e. The van der Waals surface area contributed by atoms with Gasteiger partial charge in [-0.2, -0.15) is 5.10 Å². The molecule has 7 heteroatoms. The van der Waals surface area contributed by atoms with Gasteiger partial charge in [-0.25, -0.2) is 8.78 Å². The third-order valence-electron chi connectivity index (χ3n) is 2.23. The van der Waals surface area contributed by atoms with Crippen LogP contribution >= 0.6 is 11.6 Å². The van der Waals surface area contributed by atoms with E-state index in [4.69, 9.17) is 16.3 Å². The van der Waals surface area contributed by atoms with Crippen molar-refractivity contribution in [3.63, 3.8) is 0 Å². The fourth-order valence-corrected chi connectivity index (χ4v) is 1.73. The molecule has 0 saturated carbocycles. The molecule has 0 spiro atoms. The third-order valence-corrected chi connectivity index (χ3v) is 2.52. The number of alkyl halides is 2. The van der Waals surface area contributed by atoms with Crippen molar-refractivity contribution >= 4 is 11.6 Å². The third kappa shape index (κ3) is 4.22. The Balaban J connectivity index is 2.46. The Morgan fingerprint density at radius 1 is 1.59 bits per heavy atom. The number of rotatable bonds is 7. The highest BCUT2D eigenvalue weighted by molar-refractivity contribution is 6.31. The van der Waals surface area contributed by atoms with Crippen molar-refractivity contribution in [3.8, 4) is 0 Å². The molecule has 17 heavy (non-hydrogen) atoms. The van der Waals surface area contributed by atoms with Crippen molar-refractivity contribution in [2.75, 3.05) is 13.2 Å². The van der Waals surface area contributed by atoms with Crippen LogP contribution in [0.5, 0.6) is 0 Å². The van der Waals surface area contributed by atoms with Gasteiger partial charge in [0, 0.05) is 19.6 Å². The monoisotopic (exact) mass is 268 g/mol. The molecule has 0 bridgehead atoms. The number of nitrogens with zero attached hydrogens (tertiary/aromatic N) is 2. The summed E-state index contributed by atoms with van der Waals surface area (Å²) in [6, 6.07) is 0. The summed E-state index contributed by atoms with van der Waals surface area (Å²) in [5.41, 5.74) is 0.495. The molecule has 1 atom stereocenters. The maximum atomic E-state index is 11.8. The zero-order valence-corrected chi connectivity index (χ0v) is 10.2. The van der Waals surface area contributed by atoms with Gasteiger partial charge in [-0.05, 0) is 6.92 Å². The molecule has 1 aromatic rings. The van der Waals surface area contributed by atoms with Crippen molar-refractivity contribution < 1.29 is 18.6 Å². The Bertz CT molecular complexity index is 347. The standard InChI is InChI=1S/C10H15ClF2N2O2/c1-2-15-10(7(11)5-14-15)8(16)3-4-17-6-9(12)13/h5,8-9,16H,2-4,6H2,1H3. The molecular formula is C10H15ClF2N2O2. The van der Waals surface area contributed by atoms with Gasteiger partial charge >= 0.3 is 0 Å². The minimum Gasteiger partial charge on any atom is -0.387 e. The molecule has 0 aliphatic carbocycles. The van der Waals surface area contributed by atoms with Crippen molar-refractivity contribution in [1.29, 1.82) is 0 Å².